The van der Waals surface area contributed by atoms with Gasteiger partial charge in [0.1, 0.15) is 5.58 Å². The molecule has 0 spiro atoms. The molecule has 0 bridgehead atoms. The number of phenolic OH excluding ortho intramolecular Hbond substituents is 1. The molecule has 4 nitrogen and oxygen atoms in total. The van der Waals surface area contributed by atoms with E-state index in [9.17, 15) is 5.11 Å². The lowest BCUT2D eigenvalue weighted by Crippen LogP contribution is -1.99. The van der Waals surface area contributed by atoms with Crippen molar-refractivity contribution in [2.45, 2.75) is 19.3 Å². The molecule has 0 saturated heterocycles. The van der Waals surface area contributed by atoms with Crippen LogP contribution in [0.5, 0.6) is 5.75 Å². The molecule has 3 aromatic rings. The summed E-state index contributed by atoms with van der Waals surface area (Å²) in [5, 5.41) is 11.7. The molecule has 0 atom stereocenters. The molecule has 0 aliphatic rings. The number of furan rings is 2. The van der Waals surface area contributed by atoms with Gasteiger partial charge in [-0.15, -0.1) is 0 Å². The van der Waals surface area contributed by atoms with Gasteiger partial charge in [0, 0.05) is 10.9 Å². The van der Waals surface area contributed by atoms with Gasteiger partial charge in [-0.05, 0) is 37.9 Å². The Balaban J connectivity index is 2.20. The average Bonchev–Trinajstić information content (AvgIpc) is 3.02. The van der Waals surface area contributed by atoms with Crippen molar-refractivity contribution in [3.8, 4) is 5.75 Å². The molecule has 4 heteroatoms. The van der Waals surface area contributed by atoms with Crippen LogP contribution in [0, 0.1) is 0 Å². The Morgan fingerprint density at radius 3 is 2.50 bits per heavy atom. The third kappa shape index (κ3) is 1.57. The van der Waals surface area contributed by atoms with E-state index in [-0.39, 0.29) is 5.75 Å². The van der Waals surface area contributed by atoms with Crippen molar-refractivity contribution < 1.29 is 13.9 Å². The van der Waals surface area contributed by atoms with E-state index >= 15 is 0 Å². The van der Waals surface area contributed by atoms with Gasteiger partial charge >= 0.3 is 0 Å². The largest absolute Gasteiger partial charge is 0.504 e. The fourth-order valence-electron chi connectivity index (χ4n) is 2.40. The fourth-order valence-corrected chi connectivity index (χ4v) is 2.40. The topological polar surface area (TPSA) is 72.5 Å². The van der Waals surface area contributed by atoms with Gasteiger partial charge < -0.3 is 19.7 Å². The Hall–Kier alpha value is -1.94. The van der Waals surface area contributed by atoms with Crippen LogP contribution in [-0.4, -0.2) is 11.7 Å². The normalized spacial score (nSPS) is 11.6. The first-order valence-electron chi connectivity index (χ1n) is 6.11. The van der Waals surface area contributed by atoms with Crippen molar-refractivity contribution in [3.05, 3.63) is 30.2 Å². The van der Waals surface area contributed by atoms with E-state index in [4.69, 9.17) is 14.6 Å². The van der Waals surface area contributed by atoms with Gasteiger partial charge in [0.25, 0.3) is 0 Å². The molecule has 94 valence electrons. The Labute approximate surface area is 104 Å². The number of unbranched alkanes of at least 4 members (excludes halogenated alkanes) is 1. The first kappa shape index (κ1) is 11.2. The second-order valence-electron chi connectivity index (χ2n) is 4.40. The van der Waals surface area contributed by atoms with Gasteiger partial charge in [0.05, 0.1) is 17.9 Å². The standard InChI is InChI=1S/C14H15NO3/c15-6-2-1-3-9-10-4-7-18-14(10)12(16)11-5-8-17-13(9)11/h4-5,7-8,16H,1-3,6,15H2. The van der Waals surface area contributed by atoms with Crippen LogP contribution in [0.1, 0.15) is 18.4 Å². The third-order valence-corrected chi connectivity index (χ3v) is 3.28. The summed E-state index contributed by atoms with van der Waals surface area (Å²) in [5.74, 6) is 0.154. The zero-order valence-electron chi connectivity index (χ0n) is 9.98. The van der Waals surface area contributed by atoms with Crippen molar-refractivity contribution in [1.29, 1.82) is 0 Å². The first-order valence-corrected chi connectivity index (χ1v) is 6.11. The van der Waals surface area contributed by atoms with Crippen molar-refractivity contribution >= 4 is 21.9 Å². The Bertz CT molecular complexity index is 629. The first-order chi connectivity index (χ1) is 8.83. The highest BCUT2D eigenvalue weighted by Crippen LogP contribution is 2.39. The molecule has 0 fully saturated rings. The predicted octanol–water partition coefficient (Wildman–Crippen LogP) is 3.17. The molecule has 18 heavy (non-hydrogen) atoms. The molecular formula is C14H15NO3. The molecular weight excluding hydrogens is 230 g/mol. The highest BCUT2D eigenvalue weighted by atomic mass is 16.4. The summed E-state index contributed by atoms with van der Waals surface area (Å²) in [4.78, 5) is 0. The fraction of sp³-hybridized carbons (Fsp3) is 0.286. The van der Waals surface area contributed by atoms with Crippen LogP contribution in [0.2, 0.25) is 0 Å². The second-order valence-corrected chi connectivity index (χ2v) is 4.40. The highest BCUT2D eigenvalue weighted by Gasteiger charge is 2.17. The van der Waals surface area contributed by atoms with Crippen LogP contribution in [0.15, 0.2) is 33.5 Å². The summed E-state index contributed by atoms with van der Waals surface area (Å²) in [6.07, 6.45) is 6.03. The molecule has 2 heterocycles. The Morgan fingerprint density at radius 1 is 1.00 bits per heavy atom. The number of phenols is 1. The quantitative estimate of drug-likeness (QED) is 0.692. The summed E-state index contributed by atoms with van der Waals surface area (Å²) in [6.45, 7) is 0.688. The molecule has 0 amide bonds. The van der Waals surface area contributed by atoms with E-state index in [2.05, 4.69) is 0 Å². The zero-order valence-corrected chi connectivity index (χ0v) is 9.98. The van der Waals surface area contributed by atoms with Gasteiger partial charge in [-0.25, -0.2) is 0 Å². The van der Waals surface area contributed by atoms with Gasteiger partial charge in [0.15, 0.2) is 11.3 Å². The molecule has 1 aromatic carbocycles. The van der Waals surface area contributed by atoms with Crippen LogP contribution in [-0.2, 0) is 6.42 Å². The van der Waals surface area contributed by atoms with Gasteiger partial charge in [-0.3, -0.25) is 0 Å². The van der Waals surface area contributed by atoms with E-state index in [1.807, 2.05) is 6.07 Å². The van der Waals surface area contributed by atoms with Gasteiger partial charge in [-0.2, -0.15) is 0 Å². The summed E-state index contributed by atoms with van der Waals surface area (Å²) in [7, 11) is 0. The zero-order chi connectivity index (χ0) is 12.5. The van der Waals surface area contributed by atoms with Crippen molar-refractivity contribution in [2.75, 3.05) is 6.54 Å². The van der Waals surface area contributed by atoms with E-state index in [0.29, 0.717) is 17.5 Å². The highest BCUT2D eigenvalue weighted by molar-refractivity contribution is 6.03. The second kappa shape index (κ2) is 4.38. The SMILES string of the molecule is NCCCCc1c2ccoc2c(O)c2ccoc12. The lowest BCUT2D eigenvalue weighted by Gasteiger charge is -2.05. The molecule has 0 unspecified atom stereocenters. The summed E-state index contributed by atoms with van der Waals surface area (Å²) >= 11 is 0. The van der Waals surface area contributed by atoms with Gasteiger partial charge in [-0.1, -0.05) is 0 Å². The van der Waals surface area contributed by atoms with Crippen LogP contribution < -0.4 is 5.73 Å². The monoisotopic (exact) mass is 245 g/mol. The Kier molecular flexibility index (Phi) is 2.72. The van der Waals surface area contributed by atoms with Gasteiger partial charge in [0.2, 0.25) is 0 Å². The Morgan fingerprint density at radius 2 is 1.72 bits per heavy atom. The summed E-state index contributed by atoms with van der Waals surface area (Å²) in [5.41, 5.74) is 7.89. The lowest BCUT2D eigenvalue weighted by atomic mass is 10.0. The summed E-state index contributed by atoms with van der Waals surface area (Å²) in [6, 6.07) is 3.63. The maximum Gasteiger partial charge on any atom is 0.176 e. The number of nitrogens with two attached hydrogens (primary N) is 1. The minimum Gasteiger partial charge on any atom is -0.504 e. The summed E-state index contributed by atoms with van der Waals surface area (Å²) < 4.78 is 10.9. The number of benzene rings is 1. The van der Waals surface area contributed by atoms with E-state index in [1.54, 1.807) is 18.6 Å². The van der Waals surface area contributed by atoms with Crippen LogP contribution in [0.25, 0.3) is 21.9 Å². The molecule has 0 radical (unpaired) electrons. The number of hydrogen-bond donors (Lipinski definition) is 2. The van der Waals surface area contributed by atoms with E-state index < -0.39 is 0 Å². The van der Waals surface area contributed by atoms with Crippen molar-refractivity contribution in [1.82, 2.24) is 0 Å². The number of fused-ring (bicyclic) bond motifs is 2. The molecule has 2 aromatic heterocycles. The number of aryl methyl sites for hydroxylation is 1. The minimum absolute atomic E-state index is 0.154. The molecule has 3 N–H and O–H groups in total. The number of rotatable bonds is 4. The van der Waals surface area contributed by atoms with E-state index in [0.717, 1.165) is 35.8 Å². The predicted molar refractivity (Wildman–Crippen MR) is 69.6 cm³/mol. The third-order valence-electron chi connectivity index (χ3n) is 3.28. The van der Waals surface area contributed by atoms with Crippen molar-refractivity contribution in [2.24, 2.45) is 5.73 Å². The van der Waals surface area contributed by atoms with E-state index in [1.165, 1.54) is 0 Å². The average molecular weight is 245 g/mol. The number of hydrogen-bond acceptors (Lipinski definition) is 4. The van der Waals surface area contributed by atoms with Crippen LogP contribution in [0.3, 0.4) is 0 Å². The lowest BCUT2D eigenvalue weighted by molar-refractivity contribution is 0.470. The molecule has 0 aliphatic heterocycles. The maximum atomic E-state index is 10.1. The molecule has 0 aliphatic carbocycles. The van der Waals surface area contributed by atoms with Crippen LogP contribution >= 0.6 is 0 Å². The number of aromatic hydroxyl groups is 1. The smallest absolute Gasteiger partial charge is 0.176 e. The molecule has 0 saturated carbocycles. The van der Waals surface area contributed by atoms with Crippen LogP contribution in [0.4, 0.5) is 0 Å². The van der Waals surface area contributed by atoms with Crippen molar-refractivity contribution in [3.63, 3.8) is 0 Å². The minimum atomic E-state index is 0.154. The maximum absolute atomic E-state index is 10.1. The molecule has 3 rings (SSSR count).